The molecule has 0 aliphatic carbocycles. The quantitative estimate of drug-likeness (QED) is 0.749. The molecule has 1 fully saturated rings. The Labute approximate surface area is 115 Å². The van der Waals surface area contributed by atoms with Crippen molar-refractivity contribution in [3.63, 3.8) is 0 Å². The van der Waals surface area contributed by atoms with Gasteiger partial charge in [0.05, 0.1) is 11.4 Å². The molecule has 0 spiro atoms. The summed E-state index contributed by atoms with van der Waals surface area (Å²) in [6.45, 7) is 2.02. The average molecular weight is 297 g/mol. The summed E-state index contributed by atoms with van der Waals surface area (Å²) in [5.41, 5.74) is 5.43. The van der Waals surface area contributed by atoms with Crippen LogP contribution in [0.1, 0.15) is 25.7 Å². The van der Waals surface area contributed by atoms with Crippen molar-refractivity contribution < 1.29 is 18.0 Å². The number of thiocarbonyl (C=S) groups is 1. The van der Waals surface area contributed by atoms with Crippen LogP contribution in [0.4, 0.5) is 13.2 Å². The number of nitrogens with two attached hydrogens (primary N) is 1. The molecule has 0 atom stereocenters. The number of amides is 1. The van der Waals surface area contributed by atoms with Crippen LogP contribution in [0.5, 0.6) is 0 Å². The Morgan fingerprint density at radius 1 is 1.37 bits per heavy atom. The fourth-order valence-corrected chi connectivity index (χ4v) is 2.19. The van der Waals surface area contributed by atoms with Crippen LogP contribution in [0.2, 0.25) is 0 Å². The Morgan fingerprint density at radius 3 is 2.42 bits per heavy atom. The maximum atomic E-state index is 12.0. The van der Waals surface area contributed by atoms with Crippen LogP contribution in [-0.4, -0.2) is 47.6 Å². The number of carbonyl (C=O) groups is 1. The second-order valence-electron chi connectivity index (χ2n) is 4.70. The van der Waals surface area contributed by atoms with Crippen LogP contribution in [-0.2, 0) is 4.79 Å². The molecule has 0 radical (unpaired) electrons. The van der Waals surface area contributed by atoms with Gasteiger partial charge in [-0.05, 0) is 12.8 Å². The highest BCUT2D eigenvalue weighted by molar-refractivity contribution is 7.80. The Balaban J connectivity index is 2.21. The zero-order valence-corrected chi connectivity index (χ0v) is 11.3. The minimum absolute atomic E-state index is 0.0525. The van der Waals surface area contributed by atoms with E-state index in [-0.39, 0.29) is 6.04 Å². The maximum Gasteiger partial charge on any atom is 0.389 e. The monoisotopic (exact) mass is 297 g/mol. The second-order valence-corrected chi connectivity index (χ2v) is 5.22. The third-order valence-corrected chi connectivity index (χ3v) is 3.10. The van der Waals surface area contributed by atoms with Crippen molar-refractivity contribution in [2.24, 2.45) is 5.73 Å². The molecule has 8 heteroatoms. The van der Waals surface area contributed by atoms with Crippen molar-refractivity contribution in [1.29, 1.82) is 0 Å². The first-order valence-electron chi connectivity index (χ1n) is 6.13. The summed E-state index contributed by atoms with van der Waals surface area (Å²) in [5.74, 6) is -0.537. The van der Waals surface area contributed by atoms with Crippen LogP contribution in [0.25, 0.3) is 0 Å². The number of rotatable bonds is 5. The van der Waals surface area contributed by atoms with E-state index < -0.39 is 24.9 Å². The maximum absolute atomic E-state index is 12.0. The predicted octanol–water partition coefficient (Wildman–Crippen LogP) is 1.20. The van der Waals surface area contributed by atoms with Gasteiger partial charge < -0.3 is 11.1 Å². The Bertz CT molecular complexity index is 328. The van der Waals surface area contributed by atoms with Gasteiger partial charge in [0.1, 0.15) is 0 Å². The molecule has 1 aliphatic rings. The van der Waals surface area contributed by atoms with Crippen molar-refractivity contribution in [3.8, 4) is 0 Å². The van der Waals surface area contributed by atoms with Gasteiger partial charge in [0.25, 0.3) is 0 Å². The molecule has 0 aromatic rings. The van der Waals surface area contributed by atoms with Gasteiger partial charge >= 0.3 is 6.18 Å². The molecule has 1 heterocycles. The van der Waals surface area contributed by atoms with Crippen LogP contribution < -0.4 is 11.1 Å². The van der Waals surface area contributed by atoms with E-state index in [4.69, 9.17) is 18.0 Å². The van der Waals surface area contributed by atoms with Crippen molar-refractivity contribution >= 4 is 23.1 Å². The van der Waals surface area contributed by atoms with E-state index in [2.05, 4.69) is 10.2 Å². The highest BCUT2D eigenvalue weighted by atomic mass is 32.1. The minimum atomic E-state index is -4.28. The van der Waals surface area contributed by atoms with Gasteiger partial charge in [-0.15, -0.1) is 0 Å². The third kappa shape index (κ3) is 7.31. The van der Waals surface area contributed by atoms with E-state index >= 15 is 0 Å². The van der Waals surface area contributed by atoms with Crippen LogP contribution in [0.3, 0.4) is 0 Å². The van der Waals surface area contributed by atoms with E-state index in [0.29, 0.717) is 24.4 Å². The lowest BCUT2D eigenvalue weighted by molar-refractivity contribution is -0.144. The first kappa shape index (κ1) is 16.2. The zero-order valence-electron chi connectivity index (χ0n) is 10.5. The fourth-order valence-electron chi connectivity index (χ4n) is 2.01. The SMILES string of the molecule is NC(=S)CN1CCC(NC(=O)CCC(F)(F)F)CC1. The van der Waals surface area contributed by atoms with Gasteiger partial charge in [-0.3, -0.25) is 9.69 Å². The number of hydrogen-bond donors (Lipinski definition) is 2. The topological polar surface area (TPSA) is 58.4 Å². The molecule has 0 aromatic carbocycles. The minimum Gasteiger partial charge on any atom is -0.392 e. The number of hydrogen-bond acceptors (Lipinski definition) is 3. The molecular formula is C11H18F3N3OS. The molecule has 0 saturated carbocycles. The smallest absolute Gasteiger partial charge is 0.389 e. The van der Waals surface area contributed by atoms with Gasteiger partial charge in [-0.25, -0.2) is 0 Å². The van der Waals surface area contributed by atoms with Gasteiger partial charge in [0.2, 0.25) is 5.91 Å². The van der Waals surface area contributed by atoms with Gasteiger partial charge in [0, 0.05) is 32.1 Å². The molecule has 1 rings (SSSR count). The normalized spacial score (nSPS) is 18.3. The highest BCUT2D eigenvalue weighted by Crippen LogP contribution is 2.21. The van der Waals surface area contributed by atoms with Crippen LogP contribution >= 0.6 is 12.2 Å². The van der Waals surface area contributed by atoms with Gasteiger partial charge in [-0.1, -0.05) is 12.2 Å². The number of nitrogens with zero attached hydrogens (tertiary/aromatic N) is 1. The molecule has 4 nitrogen and oxygen atoms in total. The van der Waals surface area contributed by atoms with Crippen LogP contribution in [0.15, 0.2) is 0 Å². The van der Waals surface area contributed by atoms with Gasteiger partial charge in [0.15, 0.2) is 0 Å². The summed E-state index contributed by atoms with van der Waals surface area (Å²) < 4.78 is 35.9. The van der Waals surface area contributed by atoms with Crippen molar-refractivity contribution in [3.05, 3.63) is 0 Å². The number of alkyl halides is 3. The van der Waals surface area contributed by atoms with E-state index in [1.165, 1.54) is 0 Å². The molecule has 3 N–H and O–H groups in total. The summed E-state index contributed by atoms with van der Waals surface area (Å²) in [7, 11) is 0. The standard InChI is InChI=1S/C11H18F3N3OS/c12-11(13,14)4-1-10(18)16-8-2-5-17(6-3-8)7-9(15)19/h8H,1-7H2,(H2,15,19)(H,16,18). The zero-order chi connectivity index (χ0) is 14.5. The van der Waals surface area contributed by atoms with Crippen LogP contribution in [0, 0.1) is 0 Å². The van der Waals surface area contributed by atoms with E-state index in [1.807, 2.05) is 0 Å². The Kier molecular flexibility index (Phi) is 5.99. The summed E-state index contributed by atoms with van der Waals surface area (Å²) in [6, 6.07) is -0.0525. The molecule has 110 valence electrons. The Hall–Kier alpha value is -0.890. The highest BCUT2D eigenvalue weighted by Gasteiger charge is 2.28. The fraction of sp³-hybridized carbons (Fsp3) is 0.818. The number of likely N-dealkylation sites (tertiary alicyclic amines) is 1. The molecule has 0 aromatic heterocycles. The first-order valence-corrected chi connectivity index (χ1v) is 6.54. The average Bonchev–Trinajstić information content (AvgIpc) is 2.28. The number of carbonyl (C=O) groups excluding carboxylic acids is 1. The van der Waals surface area contributed by atoms with E-state index in [0.717, 1.165) is 13.1 Å². The Morgan fingerprint density at radius 2 is 1.95 bits per heavy atom. The lowest BCUT2D eigenvalue weighted by Crippen LogP contribution is -2.46. The predicted molar refractivity (Wildman–Crippen MR) is 69.7 cm³/mol. The van der Waals surface area contributed by atoms with Crippen molar-refractivity contribution in [2.45, 2.75) is 37.9 Å². The largest absolute Gasteiger partial charge is 0.392 e. The number of halogens is 3. The number of nitrogens with one attached hydrogen (secondary N) is 1. The van der Waals surface area contributed by atoms with E-state index in [1.54, 1.807) is 0 Å². The van der Waals surface area contributed by atoms with Gasteiger partial charge in [-0.2, -0.15) is 13.2 Å². The lowest BCUT2D eigenvalue weighted by Gasteiger charge is -2.32. The second kappa shape index (κ2) is 7.04. The first-order chi connectivity index (χ1) is 8.76. The molecule has 1 saturated heterocycles. The molecule has 1 aliphatic heterocycles. The summed E-state index contributed by atoms with van der Waals surface area (Å²) in [5, 5.41) is 2.64. The molecule has 19 heavy (non-hydrogen) atoms. The number of piperidine rings is 1. The molecule has 1 amide bonds. The summed E-state index contributed by atoms with van der Waals surface area (Å²) >= 11 is 4.80. The molecule has 0 unspecified atom stereocenters. The summed E-state index contributed by atoms with van der Waals surface area (Å²) in [4.78, 5) is 13.8. The third-order valence-electron chi connectivity index (χ3n) is 2.97. The molecular weight excluding hydrogens is 279 g/mol. The molecule has 0 bridgehead atoms. The van der Waals surface area contributed by atoms with Crippen molar-refractivity contribution in [2.75, 3.05) is 19.6 Å². The lowest BCUT2D eigenvalue weighted by atomic mass is 10.0. The van der Waals surface area contributed by atoms with E-state index in [9.17, 15) is 18.0 Å². The van der Waals surface area contributed by atoms with Crippen molar-refractivity contribution in [1.82, 2.24) is 10.2 Å². The summed E-state index contributed by atoms with van der Waals surface area (Å²) in [6.07, 6.45) is -4.44.